The number of guanidine groups is 1. The van der Waals surface area contributed by atoms with Crippen molar-refractivity contribution in [2.24, 2.45) is 10.9 Å². The fourth-order valence-electron chi connectivity index (χ4n) is 2.07. The highest BCUT2D eigenvalue weighted by atomic mass is 127. The van der Waals surface area contributed by atoms with Gasteiger partial charge in [-0.3, -0.25) is 9.79 Å². The molecular formula is C18H38IN3O3. The SMILES string of the molecule is CCOC(=O)CCCCCCNC(=NC)NCCOCCC(C)C.I. The minimum Gasteiger partial charge on any atom is -0.466 e. The van der Waals surface area contributed by atoms with E-state index in [1.165, 1.54) is 0 Å². The smallest absolute Gasteiger partial charge is 0.305 e. The van der Waals surface area contributed by atoms with Crippen molar-refractivity contribution >= 4 is 35.9 Å². The molecule has 0 aliphatic carbocycles. The van der Waals surface area contributed by atoms with Crippen LogP contribution in [0.15, 0.2) is 4.99 Å². The molecule has 0 aromatic carbocycles. The third kappa shape index (κ3) is 19.6. The summed E-state index contributed by atoms with van der Waals surface area (Å²) in [6.45, 7) is 9.86. The van der Waals surface area contributed by atoms with E-state index >= 15 is 0 Å². The molecule has 0 aliphatic rings. The number of ether oxygens (including phenoxy) is 2. The van der Waals surface area contributed by atoms with Gasteiger partial charge in [-0.25, -0.2) is 0 Å². The Morgan fingerprint density at radius 2 is 1.72 bits per heavy atom. The summed E-state index contributed by atoms with van der Waals surface area (Å²) in [6, 6.07) is 0. The molecule has 0 spiro atoms. The normalized spacial score (nSPS) is 11.2. The first-order valence-electron chi connectivity index (χ1n) is 9.28. The molecule has 0 heterocycles. The van der Waals surface area contributed by atoms with Crippen LogP contribution in [-0.2, 0) is 14.3 Å². The zero-order chi connectivity index (χ0) is 18.0. The molecule has 150 valence electrons. The fraction of sp³-hybridized carbons (Fsp3) is 0.889. The number of hydrogen-bond acceptors (Lipinski definition) is 4. The van der Waals surface area contributed by atoms with Gasteiger partial charge in [0.2, 0.25) is 0 Å². The van der Waals surface area contributed by atoms with E-state index in [4.69, 9.17) is 9.47 Å². The van der Waals surface area contributed by atoms with Crippen molar-refractivity contribution in [3.05, 3.63) is 0 Å². The lowest BCUT2D eigenvalue weighted by molar-refractivity contribution is -0.143. The maximum atomic E-state index is 11.2. The van der Waals surface area contributed by atoms with E-state index in [1.54, 1.807) is 7.05 Å². The Morgan fingerprint density at radius 1 is 1.04 bits per heavy atom. The van der Waals surface area contributed by atoms with E-state index in [0.29, 0.717) is 25.6 Å². The van der Waals surface area contributed by atoms with Crippen LogP contribution in [0.5, 0.6) is 0 Å². The zero-order valence-electron chi connectivity index (χ0n) is 16.4. The summed E-state index contributed by atoms with van der Waals surface area (Å²) in [5, 5.41) is 6.53. The van der Waals surface area contributed by atoms with Crippen LogP contribution in [0.4, 0.5) is 0 Å². The summed E-state index contributed by atoms with van der Waals surface area (Å²) >= 11 is 0. The zero-order valence-corrected chi connectivity index (χ0v) is 18.8. The van der Waals surface area contributed by atoms with Crippen molar-refractivity contribution in [2.75, 3.05) is 40.0 Å². The number of carbonyl (C=O) groups excluding carboxylic acids is 1. The lowest BCUT2D eigenvalue weighted by Gasteiger charge is -2.12. The first kappa shape index (κ1) is 26.7. The van der Waals surface area contributed by atoms with E-state index in [1.807, 2.05) is 6.92 Å². The van der Waals surface area contributed by atoms with Crippen LogP contribution in [0.1, 0.15) is 59.3 Å². The van der Waals surface area contributed by atoms with E-state index in [-0.39, 0.29) is 29.9 Å². The molecule has 0 radical (unpaired) electrons. The Hall–Kier alpha value is -0.570. The Bertz CT molecular complexity index is 340. The van der Waals surface area contributed by atoms with Gasteiger partial charge in [0.1, 0.15) is 0 Å². The van der Waals surface area contributed by atoms with E-state index in [2.05, 4.69) is 29.5 Å². The average Bonchev–Trinajstić information content (AvgIpc) is 2.55. The first-order valence-corrected chi connectivity index (χ1v) is 9.28. The highest BCUT2D eigenvalue weighted by Crippen LogP contribution is 2.03. The molecular weight excluding hydrogens is 433 g/mol. The molecule has 0 amide bonds. The van der Waals surface area contributed by atoms with Crippen molar-refractivity contribution in [3.63, 3.8) is 0 Å². The third-order valence-electron chi connectivity index (χ3n) is 3.51. The number of nitrogens with one attached hydrogen (secondary N) is 2. The van der Waals surface area contributed by atoms with Crippen LogP contribution in [0, 0.1) is 5.92 Å². The topological polar surface area (TPSA) is 72.0 Å². The summed E-state index contributed by atoms with van der Waals surface area (Å²) in [5.74, 6) is 1.41. The Labute approximate surface area is 170 Å². The second kappa shape index (κ2) is 19.8. The molecule has 0 saturated heterocycles. The van der Waals surface area contributed by atoms with E-state index < -0.39 is 0 Å². The molecule has 25 heavy (non-hydrogen) atoms. The van der Waals surface area contributed by atoms with Gasteiger partial charge in [0.05, 0.1) is 13.2 Å². The summed E-state index contributed by atoms with van der Waals surface area (Å²) in [5.41, 5.74) is 0. The average molecular weight is 471 g/mol. The number of halogens is 1. The van der Waals surface area contributed by atoms with Crippen molar-refractivity contribution in [1.82, 2.24) is 10.6 Å². The number of unbranched alkanes of at least 4 members (excludes halogenated alkanes) is 3. The van der Waals surface area contributed by atoms with Gasteiger partial charge >= 0.3 is 5.97 Å². The van der Waals surface area contributed by atoms with Gasteiger partial charge < -0.3 is 20.1 Å². The van der Waals surface area contributed by atoms with Crippen molar-refractivity contribution in [3.8, 4) is 0 Å². The molecule has 0 rings (SSSR count). The van der Waals surface area contributed by atoms with Gasteiger partial charge in [0.15, 0.2) is 5.96 Å². The Kier molecular flexibility index (Phi) is 21.1. The summed E-state index contributed by atoms with van der Waals surface area (Å²) in [7, 11) is 1.77. The van der Waals surface area contributed by atoms with Crippen LogP contribution >= 0.6 is 24.0 Å². The predicted molar refractivity (Wildman–Crippen MR) is 115 cm³/mol. The van der Waals surface area contributed by atoms with E-state index in [0.717, 1.165) is 57.8 Å². The maximum absolute atomic E-state index is 11.2. The minimum absolute atomic E-state index is 0. The third-order valence-corrected chi connectivity index (χ3v) is 3.51. The van der Waals surface area contributed by atoms with Crippen molar-refractivity contribution in [1.29, 1.82) is 0 Å². The summed E-state index contributed by atoms with van der Waals surface area (Å²) in [6.07, 6.45) is 5.75. The van der Waals surface area contributed by atoms with Gasteiger partial charge in [-0.2, -0.15) is 0 Å². The number of aliphatic imine (C=N–C) groups is 1. The number of esters is 1. The molecule has 0 unspecified atom stereocenters. The van der Waals surface area contributed by atoms with Gasteiger partial charge in [0.25, 0.3) is 0 Å². The molecule has 0 bridgehead atoms. The Morgan fingerprint density at radius 3 is 2.36 bits per heavy atom. The lowest BCUT2D eigenvalue weighted by Crippen LogP contribution is -2.39. The lowest BCUT2D eigenvalue weighted by atomic mass is 10.1. The van der Waals surface area contributed by atoms with Gasteiger partial charge in [-0.05, 0) is 32.1 Å². The monoisotopic (exact) mass is 471 g/mol. The first-order chi connectivity index (χ1) is 11.6. The number of hydrogen-bond donors (Lipinski definition) is 2. The Balaban J connectivity index is 0. The van der Waals surface area contributed by atoms with E-state index in [9.17, 15) is 4.79 Å². The quantitative estimate of drug-likeness (QED) is 0.134. The molecule has 0 aliphatic heterocycles. The second-order valence-electron chi connectivity index (χ2n) is 6.19. The van der Waals surface area contributed by atoms with Crippen molar-refractivity contribution in [2.45, 2.75) is 59.3 Å². The molecule has 0 aromatic heterocycles. The summed E-state index contributed by atoms with van der Waals surface area (Å²) < 4.78 is 10.5. The summed E-state index contributed by atoms with van der Waals surface area (Å²) in [4.78, 5) is 15.4. The van der Waals surface area contributed by atoms with Crippen LogP contribution in [0.2, 0.25) is 0 Å². The van der Waals surface area contributed by atoms with Crippen molar-refractivity contribution < 1.29 is 14.3 Å². The molecule has 0 fully saturated rings. The second-order valence-corrected chi connectivity index (χ2v) is 6.19. The largest absolute Gasteiger partial charge is 0.466 e. The molecule has 7 heteroatoms. The molecule has 6 nitrogen and oxygen atoms in total. The van der Waals surface area contributed by atoms with Gasteiger partial charge in [-0.1, -0.05) is 26.7 Å². The van der Waals surface area contributed by atoms with Gasteiger partial charge in [-0.15, -0.1) is 24.0 Å². The highest BCUT2D eigenvalue weighted by Gasteiger charge is 2.01. The standard InChI is InChI=1S/C18H37N3O3.HI/c1-5-24-17(22)10-8-6-7-9-12-20-18(19-4)21-13-15-23-14-11-16(2)3;/h16H,5-15H2,1-4H3,(H2,19,20,21);1H. The minimum atomic E-state index is -0.0872. The maximum Gasteiger partial charge on any atom is 0.305 e. The molecule has 0 atom stereocenters. The predicted octanol–water partition coefficient (Wildman–Crippen LogP) is 3.35. The van der Waals surface area contributed by atoms with Gasteiger partial charge in [0, 0.05) is 33.2 Å². The molecule has 2 N–H and O–H groups in total. The number of carbonyl (C=O) groups is 1. The van der Waals surface area contributed by atoms with Crippen LogP contribution in [0.3, 0.4) is 0 Å². The molecule has 0 saturated carbocycles. The van der Waals surface area contributed by atoms with Crippen LogP contribution in [0.25, 0.3) is 0 Å². The highest BCUT2D eigenvalue weighted by molar-refractivity contribution is 14.0. The van der Waals surface area contributed by atoms with Crippen LogP contribution < -0.4 is 10.6 Å². The fourth-order valence-corrected chi connectivity index (χ4v) is 2.07. The molecule has 0 aromatic rings. The van der Waals surface area contributed by atoms with Crippen LogP contribution in [-0.4, -0.2) is 51.9 Å². The number of rotatable bonds is 14. The number of nitrogens with zero attached hydrogens (tertiary/aromatic N) is 1.